The lowest BCUT2D eigenvalue weighted by Gasteiger charge is -2.25. The Morgan fingerprint density at radius 1 is 0.828 bits per heavy atom. The quantitative estimate of drug-likeness (QED) is 0.483. The summed E-state index contributed by atoms with van der Waals surface area (Å²) in [7, 11) is 0. The van der Waals surface area contributed by atoms with Crippen LogP contribution in [0.5, 0.6) is 5.75 Å². The number of hydrogen-bond acceptors (Lipinski definition) is 4. The second-order valence-corrected chi connectivity index (χ2v) is 6.75. The summed E-state index contributed by atoms with van der Waals surface area (Å²) < 4.78 is 0. The zero-order chi connectivity index (χ0) is 20.2. The van der Waals surface area contributed by atoms with E-state index >= 15 is 0 Å². The Labute approximate surface area is 168 Å². The Bertz CT molecular complexity index is 1130. The van der Waals surface area contributed by atoms with E-state index in [4.69, 9.17) is 0 Å². The second kappa shape index (κ2) is 8.12. The van der Waals surface area contributed by atoms with Crippen molar-refractivity contribution < 1.29 is 15.0 Å². The molecule has 0 saturated carbocycles. The van der Waals surface area contributed by atoms with Gasteiger partial charge in [0.05, 0.1) is 11.6 Å². The van der Waals surface area contributed by atoms with Gasteiger partial charge in [0.2, 0.25) is 0 Å². The number of fused-ring (bicyclic) bond motifs is 1. The van der Waals surface area contributed by atoms with Crippen molar-refractivity contribution in [1.82, 2.24) is 10.3 Å². The summed E-state index contributed by atoms with van der Waals surface area (Å²) in [5.74, 6) is -0.666. The number of pyridine rings is 1. The van der Waals surface area contributed by atoms with Gasteiger partial charge in [0.25, 0.3) is 5.91 Å². The van der Waals surface area contributed by atoms with Crippen molar-refractivity contribution >= 4 is 16.8 Å². The molecule has 3 aromatic carbocycles. The number of aliphatic hydroxyl groups is 1. The average molecular weight is 384 g/mol. The first-order chi connectivity index (χ1) is 14.1. The third-order valence-corrected chi connectivity index (χ3v) is 4.89. The van der Waals surface area contributed by atoms with Gasteiger partial charge in [0, 0.05) is 11.6 Å². The van der Waals surface area contributed by atoms with Crippen LogP contribution in [0.25, 0.3) is 10.9 Å². The van der Waals surface area contributed by atoms with Crippen molar-refractivity contribution in [2.45, 2.75) is 12.1 Å². The number of aromatic nitrogens is 1. The van der Waals surface area contributed by atoms with Crippen molar-refractivity contribution in [2.24, 2.45) is 0 Å². The summed E-state index contributed by atoms with van der Waals surface area (Å²) in [6.07, 6.45) is 0.610. The van der Waals surface area contributed by atoms with Crippen LogP contribution < -0.4 is 5.32 Å². The first kappa shape index (κ1) is 18.7. The number of phenolic OH excluding ortho intramolecular Hbond substituents is 1. The normalized spacial score (nSPS) is 13.0. The molecule has 4 rings (SSSR count). The Balaban J connectivity index is 1.69. The molecular weight excluding hydrogens is 364 g/mol. The first-order valence-electron chi connectivity index (χ1n) is 9.30. The summed E-state index contributed by atoms with van der Waals surface area (Å²) >= 11 is 0. The number of amides is 1. The number of phenols is 1. The molecule has 1 amide bonds. The van der Waals surface area contributed by atoms with Crippen LogP contribution in [0.2, 0.25) is 0 Å². The van der Waals surface area contributed by atoms with Crippen molar-refractivity contribution in [3.63, 3.8) is 0 Å². The van der Waals surface area contributed by atoms with Crippen molar-refractivity contribution in [2.75, 3.05) is 0 Å². The third kappa shape index (κ3) is 3.81. The highest BCUT2D eigenvalue weighted by atomic mass is 16.3. The minimum absolute atomic E-state index is 0.109. The molecule has 4 aromatic rings. The number of carbonyl (C=O) groups is 1. The molecule has 5 nitrogen and oxygen atoms in total. The number of aliphatic hydroxyl groups excluding tert-OH is 1. The molecule has 3 N–H and O–H groups in total. The van der Waals surface area contributed by atoms with Crippen LogP contribution >= 0.6 is 0 Å². The molecule has 0 fully saturated rings. The maximum atomic E-state index is 13.0. The van der Waals surface area contributed by atoms with Crippen LogP contribution in [0.3, 0.4) is 0 Å². The van der Waals surface area contributed by atoms with E-state index in [2.05, 4.69) is 10.3 Å². The van der Waals surface area contributed by atoms with Crippen LogP contribution in [0.1, 0.15) is 33.6 Å². The lowest BCUT2D eigenvalue weighted by Crippen LogP contribution is -2.32. The number of hydrogen-bond donors (Lipinski definition) is 3. The van der Waals surface area contributed by atoms with Crippen LogP contribution in [-0.4, -0.2) is 21.1 Å². The third-order valence-electron chi connectivity index (χ3n) is 4.89. The van der Waals surface area contributed by atoms with Crippen LogP contribution in [0, 0.1) is 0 Å². The lowest BCUT2D eigenvalue weighted by molar-refractivity contribution is 0.0829. The first-order valence-corrected chi connectivity index (χ1v) is 9.30. The highest BCUT2D eigenvalue weighted by Gasteiger charge is 2.26. The second-order valence-electron chi connectivity index (χ2n) is 6.75. The molecule has 144 valence electrons. The molecule has 2 atom stereocenters. The SMILES string of the molecule is O=C(NC(c1ccccc1)[C@@H](O)c1ccccc1)c1ccc2cccnc2c1O. The topological polar surface area (TPSA) is 82.5 Å². The Morgan fingerprint density at radius 3 is 2.17 bits per heavy atom. The molecule has 0 radical (unpaired) electrons. The summed E-state index contributed by atoms with van der Waals surface area (Å²) in [4.78, 5) is 17.2. The van der Waals surface area contributed by atoms with Crippen molar-refractivity contribution in [1.29, 1.82) is 0 Å². The standard InChI is InChI=1S/C24H20N2O3/c27-22(18-10-5-2-6-11-18)21(16-8-3-1-4-9-16)26-24(29)19-14-13-17-12-7-15-25-20(17)23(19)28/h1-15,21-22,27-28H,(H,26,29)/t21?,22-/m0/s1. The fourth-order valence-corrected chi connectivity index (χ4v) is 3.38. The maximum Gasteiger partial charge on any atom is 0.255 e. The minimum atomic E-state index is -0.955. The van der Waals surface area contributed by atoms with Crippen LogP contribution in [-0.2, 0) is 0 Å². The number of nitrogens with zero attached hydrogens (tertiary/aromatic N) is 1. The number of nitrogens with one attached hydrogen (secondary N) is 1. The molecule has 0 aliphatic carbocycles. The van der Waals surface area contributed by atoms with Gasteiger partial charge in [0.15, 0.2) is 5.75 Å². The predicted molar refractivity (Wildman–Crippen MR) is 111 cm³/mol. The van der Waals surface area contributed by atoms with E-state index in [1.54, 1.807) is 24.4 Å². The number of carbonyl (C=O) groups excluding carboxylic acids is 1. The predicted octanol–water partition coefficient (Wildman–Crippen LogP) is 4.15. The van der Waals surface area contributed by atoms with E-state index in [0.29, 0.717) is 11.1 Å². The molecule has 1 heterocycles. The maximum absolute atomic E-state index is 13.0. The van der Waals surface area contributed by atoms with Gasteiger partial charge in [-0.2, -0.15) is 0 Å². The molecule has 0 saturated heterocycles. The van der Waals surface area contributed by atoms with E-state index in [0.717, 1.165) is 10.9 Å². The molecule has 0 aliphatic heterocycles. The minimum Gasteiger partial charge on any atom is -0.505 e. The number of benzene rings is 3. The van der Waals surface area contributed by atoms with Gasteiger partial charge < -0.3 is 15.5 Å². The van der Waals surface area contributed by atoms with Crippen molar-refractivity contribution in [3.8, 4) is 5.75 Å². The van der Waals surface area contributed by atoms with Crippen molar-refractivity contribution in [3.05, 3.63) is 108 Å². The molecule has 1 unspecified atom stereocenters. The van der Waals surface area contributed by atoms with Crippen LogP contribution in [0.15, 0.2) is 91.1 Å². The number of aromatic hydroxyl groups is 1. The fourth-order valence-electron chi connectivity index (χ4n) is 3.38. The Morgan fingerprint density at radius 2 is 1.48 bits per heavy atom. The van der Waals surface area contributed by atoms with E-state index in [1.807, 2.05) is 66.7 Å². The van der Waals surface area contributed by atoms with Gasteiger partial charge in [-0.25, -0.2) is 0 Å². The van der Waals surface area contributed by atoms with E-state index in [1.165, 1.54) is 0 Å². The molecule has 0 spiro atoms. The monoisotopic (exact) mass is 384 g/mol. The summed E-state index contributed by atoms with van der Waals surface area (Å²) in [5, 5.41) is 25.2. The van der Waals surface area contributed by atoms with E-state index in [9.17, 15) is 15.0 Å². The van der Waals surface area contributed by atoms with Gasteiger partial charge >= 0.3 is 0 Å². The summed E-state index contributed by atoms with van der Waals surface area (Å²) in [5.41, 5.74) is 1.92. The zero-order valence-corrected chi connectivity index (χ0v) is 15.6. The Kier molecular flexibility index (Phi) is 5.22. The molecule has 0 bridgehead atoms. The van der Waals surface area contributed by atoms with Gasteiger partial charge in [-0.15, -0.1) is 0 Å². The lowest BCUT2D eigenvalue weighted by atomic mass is 9.95. The largest absolute Gasteiger partial charge is 0.505 e. The summed E-state index contributed by atoms with van der Waals surface area (Å²) in [6.45, 7) is 0. The summed E-state index contributed by atoms with van der Waals surface area (Å²) in [6, 6.07) is 24.6. The fraction of sp³-hybridized carbons (Fsp3) is 0.0833. The van der Waals surface area contributed by atoms with Gasteiger partial charge in [-0.1, -0.05) is 72.8 Å². The molecule has 5 heteroatoms. The van der Waals surface area contributed by atoms with Gasteiger partial charge in [0.1, 0.15) is 11.6 Å². The van der Waals surface area contributed by atoms with Gasteiger partial charge in [-0.3, -0.25) is 9.78 Å². The highest BCUT2D eigenvalue weighted by Crippen LogP contribution is 2.31. The van der Waals surface area contributed by atoms with Crippen LogP contribution in [0.4, 0.5) is 0 Å². The number of rotatable bonds is 5. The zero-order valence-electron chi connectivity index (χ0n) is 15.6. The van der Waals surface area contributed by atoms with E-state index in [-0.39, 0.29) is 11.3 Å². The molecule has 0 aliphatic rings. The van der Waals surface area contributed by atoms with Gasteiger partial charge in [-0.05, 0) is 23.3 Å². The molecule has 1 aromatic heterocycles. The molecule has 29 heavy (non-hydrogen) atoms. The highest BCUT2D eigenvalue weighted by molar-refractivity contribution is 6.02. The Hall–Kier alpha value is -3.70. The smallest absolute Gasteiger partial charge is 0.255 e. The van der Waals surface area contributed by atoms with E-state index < -0.39 is 18.1 Å². The molecular formula is C24H20N2O3. The average Bonchev–Trinajstić information content (AvgIpc) is 2.78.